The number of hydrogen-bond donors (Lipinski definition) is 1. The minimum atomic E-state index is -4.02. The summed E-state index contributed by atoms with van der Waals surface area (Å²) >= 11 is 2.94. The number of carboxylic acid groups (broad SMARTS) is 1. The minimum Gasteiger partial charge on any atom is -0.480 e. The van der Waals surface area contributed by atoms with Gasteiger partial charge in [0.1, 0.15) is 6.54 Å². The molecule has 10 heteroatoms. The van der Waals surface area contributed by atoms with Crippen molar-refractivity contribution in [3.63, 3.8) is 0 Å². The molecule has 0 aliphatic heterocycles. The Balaban J connectivity index is 3.24. The number of halogens is 1. The van der Waals surface area contributed by atoms with Gasteiger partial charge in [-0.2, -0.15) is 4.31 Å². The van der Waals surface area contributed by atoms with Gasteiger partial charge in [-0.25, -0.2) is 8.42 Å². The summed E-state index contributed by atoms with van der Waals surface area (Å²) in [7, 11) is -4.02. The minimum absolute atomic E-state index is 0.0142. The fourth-order valence-electron chi connectivity index (χ4n) is 1.63. The van der Waals surface area contributed by atoms with E-state index in [2.05, 4.69) is 15.9 Å². The summed E-state index contributed by atoms with van der Waals surface area (Å²) in [5.41, 5.74) is -0.269. The van der Waals surface area contributed by atoms with Gasteiger partial charge in [0.25, 0.3) is 5.69 Å². The molecule has 0 amide bonds. The van der Waals surface area contributed by atoms with E-state index in [-0.39, 0.29) is 21.6 Å². The van der Waals surface area contributed by atoms with Crippen molar-refractivity contribution in [3.8, 4) is 0 Å². The summed E-state index contributed by atoms with van der Waals surface area (Å²) in [6, 6.07) is 3.24. The third-order valence-corrected chi connectivity index (χ3v) is 5.01. The SMILES string of the molecule is CCCN(CC(=O)O)S(=O)(=O)c1ccc([N+](=O)[O-])c(Br)c1. The molecule has 116 valence electrons. The lowest BCUT2D eigenvalue weighted by molar-refractivity contribution is -0.385. The average Bonchev–Trinajstić information content (AvgIpc) is 2.37. The first-order chi connectivity index (χ1) is 9.70. The normalized spacial score (nSPS) is 11.6. The maximum atomic E-state index is 12.4. The van der Waals surface area contributed by atoms with Crippen molar-refractivity contribution in [1.82, 2.24) is 4.31 Å². The highest BCUT2D eigenvalue weighted by atomic mass is 79.9. The molecule has 0 aliphatic rings. The molecule has 0 aromatic heterocycles. The van der Waals surface area contributed by atoms with Crippen molar-refractivity contribution in [3.05, 3.63) is 32.8 Å². The lowest BCUT2D eigenvalue weighted by Crippen LogP contribution is -2.36. The van der Waals surface area contributed by atoms with E-state index in [1.54, 1.807) is 6.92 Å². The molecule has 21 heavy (non-hydrogen) atoms. The molecular formula is C11H13BrN2O6S. The van der Waals surface area contributed by atoms with Crippen molar-refractivity contribution < 1.29 is 23.2 Å². The lowest BCUT2D eigenvalue weighted by Gasteiger charge is -2.19. The Hall–Kier alpha value is -1.52. The quantitative estimate of drug-likeness (QED) is 0.569. The predicted molar refractivity (Wildman–Crippen MR) is 77.5 cm³/mol. The number of benzene rings is 1. The van der Waals surface area contributed by atoms with Crippen LogP contribution in [0.15, 0.2) is 27.6 Å². The van der Waals surface area contributed by atoms with Gasteiger partial charge in [-0.3, -0.25) is 14.9 Å². The molecule has 0 spiro atoms. The van der Waals surface area contributed by atoms with E-state index in [4.69, 9.17) is 5.11 Å². The van der Waals surface area contributed by atoms with Crippen LogP contribution in [0, 0.1) is 10.1 Å². The number of nitro benzene ring substituents is 1. The molecule has 0 bridgehead atoms. The van der Waals surface area contributed by atoms with E-state index in [0.717, 1.165) is 22.5 Å². The number of carboxylic acids is 1. The maximum absolute atomic E-state index is 12.4. The van der Waals surface area contributed by atoms with E-state index >= 15 is 0 Å². The average molecular weight is 381 g/mol. The zero-order valence-electron chi connectivity index (χ0n) is 11.0. The van der Waals surface area contributed by atoms with E-state index in [0.29, 0.717) is 6.42 Å². The molecular weight excluding hydrogens is 368 g/mol. The molecule has 0 saturated heterocycles. The van der Waals surface area contributed by atoms with Crippen LogP contribution < -0.4 is 0 Å². The largest absolute Gasteiger partial charge is 0.480 e. The van der Waals surface area contributed by atoms with Gasteiger partial charge in [0.05, 0.1) is 14.3 Å². The van der Waals surface area contributed by atoms with Gasteiger partial charge in [0, 0.05) is 12.6 Å². The first kappa shape index (κ1) is 17.5. The maximum Gasteiger partial charge on any atom is 0.318 e. The van der Waals surface area contributed by atoms with Gasteiger partial charge < -0.3 is 5.11 Å². The molecule has 0 atom stereocenters. The molecule has 0 fully saturated rings. The third kappa shape index (κ3) is 4.22. The van der Waals surface area contributed by atoms with Gasteiger partial charge in [0.2, 0.25) is 10.0 Å². The van der Waals surface area contributed by atoms with Gasteiger partial charge in [0.15, 0.2) is 0 Å². The van der Waals surface area contributed by atoms with E-state index in [9.17, 15) is 23.3 Å². The molecule has 0 heterocycles. The number of nitrogens with zero attached hydrogens (tertiary/aromatic N) is 2. The van der Waals surface area contributed by atoms with Crippen LogP contribution in [0.2, 0.25) is 0 Å². The molecule has 0 aliphatic carbocycles. The summed E-state index contributed by atoms with van der Waals surface area (Å²) in [6.45, 7) is 1.10. The second kappa shape index (κ2) is 6.96. The molecule has 0 unspecified atom stereocenters. The van der Waals surface area contributed by atoms with Crippen LogP contribution in [0.5, 0.6) is 0 Å². The zero-order valence-corrected chi connectivity index (χ0v) is 13.4. The highest BCUT2D eigenvalue weighted by Crippen LogP contribution is 2.28. The van der Waals surface area contributed by atoms with Crippen LogP contribution in [-0.2, 0) is 14.8 Å². The first-order valence-corrected chi connectivity index (χ1v) is 8.09. The number of hydrogen-bond acceptors (Lipinski definition) is 5. The first-order valence-electron chi connectivity index (χ1n) is 5.86. The summed E-state index contributed by atoms with van der Waals surface area (Å²) in [4.78, 5) is 20.6. The van der Waals surface area contributed by atoms with Gasteiger partial charge in [-0.05, 0) is 34.5 Å². The van der Waals surface area contributed by atoms with Gasteiger partial charge >= 0.3 is 5.97 Å². The van der Waals surface area contributed by atoms with Crippen molar-refractivity contribution in [1.29, 1.82) is 0 Å². The summed E-state index contributed by atoms with van der Waals surface area (Å²) < 4.78 is 25.6. The van der Waals surface area contributed by atoms with Crippen LogP contribution in [0.25, 0.3) is 0 Å². The van der Waals surface area contributed by atoms with Crippen LogP contribution in [0.1, 0.15) is 13.3 Å². The molecule has 8 nitrogen and oxygen atoms in total. The van der Waals surface area contributed by atoms with Crippen molar-refractivity contribution in [2.45, 2.75) is 18.2 Å². The summed E-state index contributed by atoms with van der Waals surface area (Å²) in [6.07, 6.45) is 0.445. The Bertz CT molecular complexity index is 661. The van der Waals surface area contributed by atoms with E-state index < -0.39 is 27.5 Å². The molecule has 0 saturated carbocycles. The number of nitro groups is 1. The highest BCUT2D eigenvalue weighted by Gasteiger charge is 2.27. The van der Waals surface area contributed by atoms with Crippen LogP contribution >= 0.6 is 15.9 Å². The summed E-state index contributed by atoms with van der Waals surface area (Å²) in [5, 5.41) is 19.5. The fourth-order valence-corrected chi connectivity index (χ4v) is 3.81. The van der Waals surface area contributed by atoms with Crippen molar-refractivity contribution >= 4 is 37.6 Å². The third-order valence-electron chi connectivity index (χ3n) is 2.54. The molecule has 0 radical (unpaired) electrons. The monoisotopic (exact) mass is 380 g/mol. The topological polar surface area (TPSA) is 118 Å². The van der Waals surface area contributed by atoms with Gasteiger partial charge in [-0.1, -0.05) is 6.92 Å². The Morgan fingerprint density at radius 2 is 2.10 bits per heavy atom. The van der Waals surface area contributed by atoms with Crippen molar-refractivity contribution in [2.24, 2.45) is 0 Å². The highest BCUT2D eigenvalue weighted by molar-refractivity contribution is 9.10. The number of sulfonamides is 1. The molecule has 1 rings (SSSR count). The molecule has 1 N–H and O–H groups in total. The Morgan fingerprint density at radius 1 is 1.48 bits per heavy atom. The van der Waals surface area contributed by atoms with E-state index in [1.807, 2.05) is 0 Å². The van der Waals surface area contributed by atoms with Gasteiger partial charge in [-0.15, -0.1) is 0 Å². The zero-order chi connectivity index (χ0) is 16.2. The number of aliphatic carboxylic acids is 1. The molecule has 1 aromatic carbocycles. The molecule has 1 aromatic rings. The Kier molecular flexibility index (Phi) is 5.81. The summed E-state index contributed by atoms with van der Waals surface area (Å²) in [5.74, 6) is -1.27. The number of rotatable bonds is 7. The Morgan fingerprint density at radius 3 is 2.52 bits per heavy atom. The van der Waals surface area contributed by atoms with Crippen molar-refractivity contribution in [2.75, 3.05) is 13.1 Å². The van der Waals surface area contributed by atoms with E-state index in [1.165, 1.54) is 0 Å². The standard InChI is InChI=1S/C11H13BrN2O6S/c1-2-5-13(7-11(15)16)21(19,20)8-3-4-10(14(17)18)9(12)6-8/h3-4,6H,2,5,7H2,1H3,(H,15,16). The fraction of sp³-hybridized carbons (Fsp3) is 0.364. The predicted octanol–water partition coefficient (Wildman–Crippen LogP) is 1.84. The Labute approximate surface area is 129 Å². The lowest BCUT2D eigenvalue weighted by atomic mass is 10.3. The second-order valence-corrected chi connectivity index (χ2v) is 6.89. The second-order valence-electron chi connectivity index (χ2n) is 4.10. The van der Waals surface area contributed by atoms with Crippen LogP contribution in [0.3, 0.4) is 0 Å². The number of carbonyl (C=O) groups is 1. The van der Waals surface area contributed by atoms with Crippen LogP contribution in [0.4, 0.5) is 5.69 Å². The smallest absolute Gasteiger partial charge is 0.318 e. The van der Waals surface area contributed by atoms with Crippen LogP contribution in [-0.4, -0.2) is 41.8 Å².